The number of fused-ring (bicyclic) bond motifs is 1. The van der Waals surface area contributed by atoms with Crippen LogP contribution in [0.1, 0.15) is 25.3 Å². The number of halogens is 3. The summed E-state index contributed by atoms with van der Waals surface area (Å²) in [6.45, 7) is 0.651. The first-order valence-corrected chi connectivity index (χ1v) is 7.83. The number of ketones is 1. The van der Waals surface area contributed by atoms with Crippen LogP contribution in [0.3, 0.4) is 0 Å². The van der Waals surface area contributed by atoms with E-state index >= 15 is 0 Å². The van der Waals surface area contributed by atoms with Gasteiger partial charge in [-0.2, -0.15) is 13.2 Å². The molecule has 3 rings (SSSR count). The van der Waals surface area contributed by atoms with Gasteiger partial charge in [0.2, 0.25) is 0 Å². The number of alkyl halides is 3. The van der Waals surface area contributed by atoms with Gasteiger partial charge in [-0.25, -0.2) is 4.79 Å². The minimum absolute atomic E-state index is 0.172. The monoisotopic (exact) mass is 366 g/mol. The van der Waals surface area contributed by atoms with E-state index < -0.39 is 29.1 Å². The Morgan fingerprint density at radius 2 is 1.69 bits per heavy atom. The fraction of sp³-hybridized carbons (Fsp3) is 0.263. The number of hydrogen-bond acceptors (Lipinski definition) is 3. The van der Waals surface area contributed by atoms with Gasteiger partial charge in [0.15, 0.2) is 5.78 Å². The number of ether oxygens (including phenoxy) is 1. The highest BCUT2D eigenvalue weighted by Gasteiger charge is 2.66. The highest BCUT2D eigenvalue weighted by molar-refractivity contribution is 6.06. The molecule has 1 heterocycles. The molecule has 0 fully saturated rings. The topological polar surface area (TPSA) is 63.6 Å². The molecule has 1 aromatic rings. The number of benzene rings is 1. The molecule has 0 amide bonds. The first-order valence-electron chi connectivity index (χ1n) is 7.83. The molecule has 0 aromatic heterocycles. The minimum Gasteiger partial charge on any atom is -0.478 e. The second-order valence-corrected chi connectivity index (χ2v) is 5.67. The summed E-state index contributed by atoms with van der Waals surface area (Å²) in [6.07, 6.45) is 6.63. The van der Waals surface area contributed by atoms with Crippen molar-refractivity contribution in [1.82, 2.24) is 0 Å². The number of aliphatic carboxylic acids is 1. The van der Waals surface area contributed by atoms with Gasteiger partial charge in [-0.1, -0.05) is 42.5 Å². The van der Waals surface area contributed by atoms with E-state index in [0.717, 1.165) is 6.08 Å². The summed E-state index contributed by atoms with van der Waals surface area (Å²) < 4.78 is 44.7. The predicted molar refractivity (Wildman–Crippen MR) is 89.7 cm³/mol. The number of carbonyl (C=O) groups is 2. The van der Waals surface area contributed by atoms with Crippen molar-refractivity contribution in [2.45, 2.75) is 31.5 Å². The second-order valence-electron chi connectivity index (χ2n) is 5.67. The summed E-state index contributed by atoms with van der Waals surface area (Å²) in [5, 5.41) is 9.01. The van der Waals surface area contributed by atoms with E-state index in [1.165, 1.54) is 37.1 Å². The molecule has 1 aromatic carbocycles. The second kappa shape index (κ2) is 7.59. The zero-order valence-electron chi connectivity index (χ0n) is 13.9. The fourth-order valence-electron chi connectivity index (χ4n) is 2.60. The van der Waals surface area contributed by atoms with Crippen LogP contribution in [0.5, 0.6) is 5.75 Å². The van der Waals surface area contributed by atoms with E-state index in [9.17, 15) is 22.8 Å². The number of hydrogen-bond donors (Lipinski definition) is 1. The maximum Gasteiger partial charge on any atom is 0.440 e. The maximum absolute atomic E-state index is 13.3. The van der Waals surface area contributed by atoms with Crippen LogP contribution in [0.15, 0.2) is 54.1 Å². The lowest BCUT2D eigenvalue weighted by molar-refractivity contribution is -0.229. The molecule has 7 heteroatoms. The molecular weight excluding hydrogens is 349 g/mol. The van der Waals surface area contributed by atoms with Crippen molar-refractivity contribution in [3.05, 3.63) is 59.7 Å². The SMILES string of the molecule is C1=CCCC=C1.CC(=O)C1(C(F)(F)F)Oc2ccccc2C=C1C(=O)O. The van der Waals surface area contributed by atoms with E-state index in [0.29, 0.717) is 6.92 Å². The Kier molecular flexibility index (Phi) is 5.69. The van der Waals surface area contributed by atoms with Crippen LogP contribution in [0.25, 0.3) is 6.08 Å². The van der Waals surface area contributed by atoms with E-state index in [1.807, 2.05) is 0 Å². The summed E-state index contributed by atoms with van der Waals surface area (Å²) in [5.74, 6) is -3.48. The summed E-state index contributed by atoms with van der Waals surface area (Å²) in [5.41, 5.74) is -4.45. The number of carbonyl (C=O) groups excluding carboxylic acids is 1. The third-order valence-electron chi connectivity index (χ3n) is 3.87. The van der Waals surface area contributed by atoms with Gasteiger partial charge in [-0.3, -0.25) is 4.79 Å². The molecule has 138 valence electrons. The number of Topliss-reactive ketones (excluding diaryl/α,β-unsaturated/α-hetero) is 1. The van der Waals surface area contributed by atoms with Gasteiger partial charge in [-0.15, -0.1) is 0 Å². The predicted octanol–water partition coefficient (Wildman–Crippen LogP) is 4.33. The van der Waals surface area contributed by atoms with Gasteiger partial charge >= 0.3 is 12.1 Å². The summed E-state index contributed by atoms with van der Waals surface area (Å²) in [6, 6.07) is 5.60. The van der Waals surface area contributed by atoms with Crippen LogP contribution in [-0.4, -0.2) is 28.6 Å². The van der Waals surface area contributed by atoms with Crippen molar-refractivity contribution in [1.29, 1.82) is 0 Å². The van der Waals surface area contributed by atoms with Crippen molar-refractivity contribution in [2.75, 3.05) is 0 Å². The quantitative estimate of drug-likeness (QED) is 0.846. The average molecular weight is 366 g/mol. The molecule has 1 aliphatic heterocycles. The number of para-hydroxylation sites is 1. The molecule has 1 unspecified atom stereocenters. The van der Waals surface area contributed by atoms with Crippen LogP contribution in [0.2, 0.25) is 0 Å². The van der Waals surface area contributed by atoms with Crippen molar-refractivity contribution < 1.29 is 32.6 Å². The van der Waals surface area contributed by atoms with E-state index in [1.54, 1.807) is 0 Å². The third-order valence-corrected chi connectivity index (χ3v) is 3.87. The normalized spacial score (nSPS) is 20.8. The number of rotatable bonds is 2. The van der Waals surface area contributed by atoms with Crippen molar-refractivity contribution >= 4 is 17.8 Å². The van der Waals surface area contributed by atoms with Gasteiger partial charge in [0.05, 0.1) is 5.57 Å². The van der Waals surface area contributed by atoms with Gasteiger partial charge in [-0.05, 0) is 31.9 Å². The largest absolute Gasteiger partial charge is 0.478 e. The average Bonchev–Trinajstić information content (AvgIpc) is 2.61. The number of carboxylic acids is 1. The highest BCUT2D eigenvalue weighted by Crippen LogP contribution is 2.45. The number of allylic oxidation sites excluding steroid dienone is 4. The first kappa shape index (κ1) is 19.5. The summed E-state index contributed by atoms with van der Waals surface area (Å²) >= 11 is 0. The van der Waals surface area contributed by atoms with E-state index in [2.05, 4.69) is 24.3 Å². The van der Waals surface area contributed by atoms with Gasteiger partial charge in [0.25, 0.3) is 5.60 Å². The molecule has 2 aliphatic rings. The van der Waals surface area contributed by atoms with Crippen molar-refractivity contribution in [3.63, 3.8) is 0 Å². The smallest absolute Gasteiger partial charge is 0.440 e. The Bertz CT molecular complexity index is 778. The third kappa shape index (κ3) is 3.71. The Hall–Kier alpha value is -2.83. The molecule has 1 atom stereocenters. The molecular formula is C19H17F3O4. The van der Waals surface area contributed by atoms with Crippen LogP contribution >= 0.6 is 0 Å². The van der Waals surface area contributed by atoms with E-state index in [4.69, 9.17) is 9.84 Å². The van der Waals surface area contributed by atoms with Crippen molar-refractivity contribution in [3.8, 4) is 5.75 Å². The lowest BCUT2D eigenvalue weighted by Crippen LogP contribution is -2.59. The molecule has 1 aliphatic carbocycles. The van der Waals surface area contributed by atoms with E-state index in [-0.39, 0.29) is 11.3 Å². The fourth-order valence-corrected chi connectivity index (χ4v) is 2.60. The molecule has 0 spiro atoms. The van der Waals surface area contributed by atoms with Gasteiger partial charge < -0.3 is 9.84 Å². The molecule has 0 radical (unpaired) electrons. The Labute approximate surface area is 148 Å². The van der Waals surface area contributed by atoms with Crippen LogP contribution in [-0.2, 0) is 9.59 Å². The van der Waals surface area contributed by atoms with Crippen LogP contribution < -0.4 is 4.74 Å². The maximum atomic E-state index is 13.3. The van der Waals surface area contributed by atoms with Crippen LogP contribution in [0, 0.1) is 0 Å². The molecule has 4 nitrogen and oxygen atoms in total. The molecule has 0 bridgehead atoms. The first-order chi connectivity index (χ1) is 12.2. The molecule has 0 saturated heterocycles. The standard InChI is InChI=1S/C13H9F3O4.C6H8/c1-7(17)12(13(14,15)16)9(11(18)19)6-8-4-2-3-5-10(8)20-12;1-2-4-6-5-3-1/h2-6H,1H3,(H,18,19);1-4H,5-6H2. The Morgan fingerprint density at radius 3 is 2.12 bits per heavy atom. The van der Waals surface area contributed by atoms with Crippen LogP contribution in [0.4, 0.5) is 13.2 Å². The Morgan fingerprint density at radius 1 is 1.12 bits per heavy atom. The van der Waals surface area contributed by atoms with Gasteiger partial charge in [0, 0.05) is 5.56 Å². The molecule has 0 saturated carbocycles. The molecule has 1 N–H and O–H groups in total. The lowest BCUT2D eigenvalue weighted by atomic mass is 9.85. The summed E-state index contributed by atoms with van der Waals surface area (Å²) in [7, 11) is 0. The zero-order valence-corrected chi connectivity index (χ0v) is 13.9. The lowest BCUT2D eigenvalue weighted by Gasteiger charge is -2.37. The number of carboxylic acid groups (broad SMARTS) is 1. The zero-order chi connectivity index (χ0) is 19.4. The van der Waals surface area contributed by atoms with Gasteiger partial charge in [0.1, 0.15) is 5.75 Å². The van der Waals surface area contributed by atoms with Crippen molar-refractivity contribution in [2.24, 2.45) is 0 Å². The summed E-state index contributed by atoms with van der Waals surface area (Å²) in [4.78, 5) is 22.7. The highest BCUT2D eigenvalue weighted by atomic mass is 19.4. The molecule has 26 heavy (non-hydrogen) atoms. The minimum atomic E-state index is -5.18. The Balaban J connectivity index is 0.000000342.